The Labute approximate surface area is 429 Å². The lowest BCUT2D eigenvalue weighted by Crippen LogP contribution is -2.38. The van der Waals surface area contributed by atoms with Crippen molar-refractivity contribution < 1.29 is 0 Å². The molecule has 15 rings (SSSR count). The molecule has 0 fully saturated rings. The zero-order chi connectivity index (χ0) is 48.0. The number of rotatable bonds is 6. The van der Waals surface area contributed by atoms with Gasteiger partial charge in [0.2, 0.25) is 0 Å². The highest BCUT2D eigenvalue weighted by Crippen LogP contribution is 2.58. The Morgan fingerprint density at radius 2 is 1.03 bits per heavy atom. The van der Waals surface area contributed by atoms with E-state index >= 15 is 0 Å². The molecule has 0 aromatic heterocycles. The van der Waals surface area contributed by atoms with Crippen LogP contribution in [-0.4, -0.2) is 0 Å². The van der Waals surface area contributed by atoms with Gasteiger partial charge < -0.3 is 19.6 Å². The van der Waals surface area contributed by atoms with Crippen molar-refractivity contribution in [3.8, 4) is 11.1 Å². The number of allylic oxidation sites excluding steroid dienone is 6. The summed E-state index contributed by atoms with van der Waals surface area (Å²) in [5.41, 5.74) is 28.0. The average molecular weight is 941 g/mol. The van der Waals surface area contributed by atoms with Crippen molar-refractivity contribution in [1.29, 1.82) is 0 Å². The molecule has 5 aliphatic carbocycles. The Kier molecular flexibility index (Phi) is 9.80. The topological polar surface area (TPSA) is 13.0 Å². The Hall–Kier alpha value is -8.34. The molecule has 8 aromatic carbocycles. The van der Waals surface area contributed by atoms with Gasteiger partial charge in [-0.1, -0.05) is 152 Å². The molecule has 1 spiro atoms. The minimum Gasteiger partial charge on any atom is -0.331 e. The third-order valence-electron chi connectivity index (χ3n) is 17.1. The molecule has 8 aromatic rings. The zero-order valence-corrected chi connectivity index (χ0v) is 41.1. The molecule has 7 aliphatic rings. The fourth-order valence-electron chi connectivity index (χ4n) is 14.0. The van der Waals surface area contributed by atoms with Crippen LogP contribution in [0.25, 0.3) is 23.3 Å². The van der Waals surface area contributed by atoms with Crippen LogP contribution in [0.2, 0.25) is 0 Å². The maximum absolute atomic E-state index is 2.69. The Balaban J connectivity index is 0.802. The third kappa shape index (κ3) is 6.59. The molecule has 4 heteroatoms. The standard InChI is InChI=1S/C69H56N4/c1-3-22-51(23-4-1)70-61-28-9-11-30-63(61)72(64-31-12-10-29-62(64)70)53-40-42-56-55-41-38-47(43-58(55)69(59(56)44-53)45-49-19-7-8-20-50(49)46-69)37-39-48-21-17-27-57-54(48)26-18-36-60(57)73-67-34-15-13-32-65(67)71(52-24-5-2-6-25-52)66-33-14-16-35-68(66)73/h1-11,13,15-17,19-25,27-30,32,34-35,37-44,60H,12,14,18,26,31,33,36,45-46H2/b39-37+. The van der Waals surface area contributed by atoms with Crippen LogP contribution in [0.3, 0.4) is 0 Å². The molecule has 1 unspecified atom stereocenters. The van der Waals surface area contributed by atoms with Gasteiger partial charge in [-0.2, -0.15) is 0 Å². The first-order valence-corrected chi connectivity index (χ1v) is 26.6. The van der Waals surface area contributed by atoms with E-state index in [9.17, 15) is 0 Å². The molecule has 0 bridgehead atoms. The van der Waals surface area contributed by atoms with Crippen molar-refractivity contribution in [2.75, 3.05) is 19.6 Å². The first-order chi connectivity index (χ1) is 36.2. The molecule has 0 radical (unpaired) electrons. The minimum absolute atomic E-state index is 0.162. The molecular formula is C69H56N4. The Morgan fingerprint density at radius 3 is 1.75 bits per heavy atom. The van der Waals surface area contributed by atoms with Gasteiger partial charge in [-0.15, -0.1) is 0 Å². The quantitative estimate of drug-likeness (QED) is 0.154. The molecule has 2 aliphatic heterocycles. The van der Waals surface area contributed by atoms with E-state index in [0.717, 1.165) is 57.8 Å². The number of hydrogen-bond acceptors (Lipinski definition) is 4. The van der Waals surface area contributed by atoms with Crippen LogP contribution in [0, 0.1) is 0 Å². The van der Waals surface area contributed by atoms with Crippen LogP contribution in [0.15, 0.2) is 235 Å². The van der Waals surface area contributed by atoms with Crippen LogP contribution in [0.4, 0.5) is 39.8 Å². The number of fused-ring (bicyclic) bond motifs is 9. The van der Waals surface area contributed by atoms with Gasteiger partial charge in [0.25, 0.3) is 0 Å². The lowest BCUT2D eigenvalue weighted by molar-refractivity contribution is 0.543. The predicted octanol–water partition coefficient (Wildman–Crippen LogP) is 17.4. The van der Waals surface area contributed by atoms with Gasteiger partial charge in [0.05, 0.1) is 40.2 Å². The minimum atomic E-state index is -0.162. The average Bonchev–Trinajstić information content (AvgIpc) is 4.01. The summed E-state index contributed by atoms with van der Waals surface area (Å²) in [5, 5.41) is 0. The summed E-state index contributed by atoms with van der Waals surface area (Å²) in [7, 11) is 0. The summed E-state index contributed by atoms with van der Waals surface area (Å²) in [5.74, 6) is 0. The second kappa shape index (κ2) is 16.9. The molecular weight excluding hydrogens is 885 g/mol. The van der Waals surface area contributed by atoms with Gasteiger partial charge in [0.15, 0.2) is 0 Å². The summed E-state index contributed by atoms with van der Waals surface area (Å²) in [6.07, 6.45) is 23.7. The predicted molar refractivity (Wildman–Crippen MR) is 303 cm³/mol. The molecule has 2 heterocycles. The number of benzene rings is 8. The van der Waals surface area contributed by atoms with Crippen molar-refractivity contribution >= 4 is 52.0 Å². The van der Waals surface area contributed by atoms with Crippen LogP contribution in [0.1, 0.15) is 89.1 Å². The van der Waals surface area contributed by atoms with Crippen molar-refractivity contribution in [3.05, 3.63) is 280 Å². The van der Waals surface area contributed by atoms with Crippen LogP contribution in [0.5, 0.6) is 0 Å². The molecule has 0 amide bonds. The maximum atomic E-state index is 2.69. The molecule has 4 nitrogen and oxygen atoms in total. The van der Waals surface area contributed by atoms with Crippen LogP contribution in [-0.2, 0) is 24.7 Å². The SMILES string of the molecule is C1=CC2=C(CC1)N(c1ccc3c(c1)C1(Cc4ccccc4C1)c1cc(/C=C/c4cccc5c4CCCC5N4C5=C(CCC=C5)N(c5ccccc5)c5ccccc54)ccc1-3)c1ccccc1N2c1ccccc1. The summed E-state index contributed by atoms with van der Waals surface area (Å²) in [6, 6.07) is 71.1. The second-order valence-electron chi connectivity index (χ2n) is 21.0. The van der Waals surface area contributed by atoms with E-state index in [-0.39, 0.29) is 11.5 Å². The number of anilines is 7. The molecule has 0 saturated carbocycles. The van der Waals surface area contributed by atoms with Crippen molar-refractivity contribution in [2.24, 2.45) is 0 Å². The maximum Gasteiger partial charge on any atom is 0.0703 e. The summed E-state index contributed by atoms with van der Waals surface area (Å²) >= 11 is 0. The molecule has 0 N–H and O–H groups in total. The molecule has 1 atom stereocenters. The zero-order valence-electron chi connectivity index (χ0n) is 41.1. The summed E-state index contributed by atoms with van der Waals surface area (Å²) in [4.78, 5) is 10.3. The highest BCUT2D eigenvalue weighted by Gasteiger charge is 2.48. The van der Waals surface area contributed by atoms with Crippen LogP contribution >= 0.6 is 0 Å². The van der Waals surface area contributed by atoms with E-state index in [2.05, 4.69) is 244 Å². The Morgan fingerprint density at radius 1 is 0.452 bits per heavy atom. The van der Waals surface area contributed by atoms with Gasteiger partial charge in [-0.05, 0) is 186 Å². The van der Waals surface area contributed by atoms with Crippen LogP contribution < -0.4 is 19.6 Å². The monoisotopic (exact) mass is 940 g/mol. The van der Waals surface area contributed by atoms with E-state index < -0.39 is 0 Å². The summed E-state index contributed by atoms with van der Waals surface area (Å²) in [6.45, 7) is 0. The third-order valence-corrected chi connectivity index (χ3v) is 17.1. The first kappa shape index (κ1) is 42.4. The first-order valence-electron chi connectivity index (χ1n) is 26.6. The smallest absolute Gasteiger partial charge is 0.0703 e. The van der Waals surface area contributed by atoms with E-state index in [4.69, 9.17) is 0 Å². The normalized spacial score (nSPS) is 18.6. The number of para-hydroxylation sites is 6. The molecule has 352 valence electrons. The fourth-order valence-corrected chi connectivity index (χ4v) is 14.0. The van der Waals surface area contributed by atoms with E-state index in [1.807, 2.05) is 0 Å². The molecule has 73 heavy (non-hydrogen) atoms. The van der Waals surface area contributed by atoms with Gasteiger partial charge in [0, 0.05) is 33.9 Å². The lowest BCUT2D eigenvalue weighted by Gasteiger charge is -2.47. The lowest BCUT2D eigenvalue weighted by atomic mass is 9.75. The van der Waals surface area contributed by atoms with Crippen molar-refractivity contribution in [3.63, 3.8) is 0 Å². The van der Waals surface area contributed by atoms with Gasteiger partial charge in [-0.3, -0.25) is 0 Å². The summed E-state index contributed by atoms with van der Waals surface area (Å²) < 4.78 is 0. The van der Waals surface area contributed by atoms with Crippen molar-refractivity contribution in [1.82, 2.24) is 0 Å². The van der Waals surface area contributed by atoms with E-state index in [0.29, 0.717) is 0 Å². The Bertz CT molecular complexity index is 3680. The molecule has 0 saturated heterocycles. The largest absolute Gasteiger partial charge is 0.331 e. The van der Waals surface area contributed by atoms with Gasteiger partial charge in [0.1, 0.15) is 0 Å². The van der Waals surface area contributed by atoms with Gasteiger partial charge >= 0.3 is 0 Å². The second-order valence-corrected chi connectivity index (χ2v) is 21.0. The van der Waals surface area contributed by atoms with Gasteiger partial charge in [-0.25, -0.2) is 0 Å². The highest BCUT2D eigenvalue weighted by molar-refractivity contribution is 5.93. The fraction of sp³-hybridized carbons (Fsp3) is 0.159. The number of nitrogens with zero attached hydrogens (tertiary/aromatic N) is 4. The van der Waals surface area contributed by atoms with Crippen molar-refractivity contribution in [2.45, 2.75) is 69.2 Å². The highest BCUT2D eigenvalue weighted by atomic mass is 15.3. The van der Waals surface area contributed by atoms with E-state index in [1.54, 1.807) is 0 Å². The van der Waals surface area contributed by atoms with E-state index in [1.165, 1.54) is 118 Å². The number of hydrogen-bond donors (Lipinski definition) is 0.